The highest BCUT2D eigenvalue weighted by Gasteiger charge is 2.35. The molecule has 0 saturated carbocycles. The zero-order valence-electron chi connectivity index (χ0n) is 11.4. The normalized spacial score (nSPS) is 24.4. The zero-order valence-corrected chi connectivity index (χ0v) is 11.4. The van der Waals surface area contributed by atoms with E-state index in [1.807, 2.05) is 44.3 Å². The van der Waals surface area contributed by atoms with Crippen LogP contribution >= 0.6 is 0 Å². The summed E-state index contributed by atoms with van der Waals surface area (Å²) in [6.45, 7) is 2.78. The van der Waals surface area contributed by atoms with Crippen LogP contribution in [-0.4, -0.2) is 36.6 Å². The largest absolute Gasteiger partial charge is 0.377 e. The van der Waals surface area contributed by atoms with Crippen molar-refractivity contribution in [2.24, 2.45) is 5.84 Å². The minimum atomic E-state index is -0.389. The average molecular weight is 263 g/mol. The molecule has 1 saturated heterocycles. The first-order chi connectivity index (χ1) is 9.15. The third-order valence-electron chi connectivity index (χ3n) is 3.77. The molecule has 1 aromatic rings. The van der Waals surface area contributed by atoms with Gasteiger partial charge in [-0.15, -0.1) is 0 Å². The number of hydrazine groups is 1. The molecule has 3 atom stereocenters. The van der Waals surface area contributed by atoms with Crippen molar-refractivity contribution in [2.75, 3.05) is 13.7 Å². The van der Waals surface area contributed by atoms with Gasteiger partial charge in [0, 0.05) is 12.6 Å². The Morgan fingerprint density at radius 3 is 2.68 bits per heavy atom. The van der Waals surface area contributed by atoms with Gasteiger partial charge in [-0.25, -0.2) is 5.84 Å². The van der Waals surface area contributed by atoms with E-state index in [4.69, 9.17) is 10.6 Å². The van der Waals surface area contributed by atoms with Crippen molar-refractivity contribution < 1.29 is 9.53 Å². The van der Waals surface area contributed by atoms with Crippen LogP contribution < -0.4 is 11.3 Å². The second kappa shape index (κ2) is 6.14. The summed E-state index contributed by atoms with van der Waals surface area (Å²) in [5.41, 5.74) is 3.20. The number of nitrogens with one attached hydrogen (secondary N) is 1. The van der Waals surface area contributed by atoms with Crippen molar-refractivity contribution in [3.05, 3.63) is 35.9 Å². The maximum atomic E-state index is 12.1. The number of nitrogens with two attached hydrogens (primary N) is 1. The van der Waals surface area contributed by atoms with E-state index in [1.54, 1.807) is 0 Å². The van der Waals surface area contributed by atoms with Gasteiger partial charge in [-0.1, -0.05) is 30.3 Å². The van der Waals surface area contributed by atoms with Gasteiger partial charge in [-0.3, -0.25) is 15.1 Å². The number of carbonyl (C=O) groups excluding carboxylic acids is 1. The SMILES string of the molecule is CC1OCCC1N(C)C(C(=O)NN)c1ccccc1. The van der Waals surface area contributed by atoms with Crippen molar-refractivity contribution in [2.45, 2.75) is 31.5 Å². The summed E-state index contributed by atoms with van der Waals surface area (Å²) < 4.78 is 5.58. The predicted molar refractivity (Wildman–Crippen MR) is 73.1 cm³/mol. The maximum Gasteiger partial charge on any atom is 0.255 e. The second-order valence-electron chi connectivity index (χ2n) is 4.92. The molecular weight excluding hydrogens is 242 g/mol. The summed E-state index contributed by atoms with van der Waals surface area (Å²) in [6, 6.07) is 9.50. The van der Waals surface area contributed by atoms with Crippen LogP contribution in [0.15, 0.2) is 30.3 Å². The Bertz CT molecular complexity index is 424. The summed E-state index contributed by atoms with van der Waals surface area (Å²) in [6.07, 6.45) is 1.06. The lowest BCUT2D eigenvalue weighted by Crippen LogP contribution is -2.47. The zero-order chi connectivity index (χ0) is 13.8. The molecule has 0 bridgehead atoms. The number of hydrogen-bond acceptors (Lipinski definition) is 4. The molecule has 5 nitrogen and oxygen atoms in total. The fourth-order valence-corrected chi connectivity index (χ4v) is 2.73. The van der Waals surface area contributed by atoms with Crippen molar-refractivity contribution in [1.82, 2.24) is 10.3 Å². The summed E-state index contributed by atoms with van der Waals surface area (Å²) in [4.78, 5) is 14.1. The molecule has 3 unspecified atom stereocenters. The lowest BCUT2D eigenvalue weighted by atomic mass is 10.0. The van der Waals surface area contributed by atoms with Gasteiger partial charge in [0.2, 0.25) is 0 Å². The smallest absolute Gasteiger partial charge is 0.255 e. The molecule has 2 rings (SSSR count). The second-order valence-corrected chi connectivity index (χ2v) is 4.92. The van der Waals surface area contributed by atoms with Crippen molar-refractivity contribution in [3.63, 3.8) is 0 Å². The molecule has 1 fully saturated rings. The molecular formula is C14H21N3O2. The molecule has 0 aromatic heterocycles. The van der Waals surface area contributed by atoms with E-state index in [9.17, 15) is 4.79 Å². The van der Waals surface area contributed by atoms with E-state index in [2.05, 4.69) is 10.3 Å². The summed E-state index contributed by atoms with van der Waals surface area (Å²) in [7, 11) is 1.95. The first-order valence-corrected chi connectivity index (χ1v) is 6.54. The summed E-state index contributed by atoms with van der Waals surface area (Å²) in [5, 5.41) is 0. The van der Waals surface area contributed by atoms with Crippen LogP contribution in [0.5, 0.6) is 0 Å². The molecule has 1 aromatic carbocycles. The Morgan fingerprint density at radius 2 is 2.16 bits per heavy atom. The number of amides is 1. The van der Waals surface area contributed by atoms with Crippen molar-refractivity contribution >= 4 is 5.91 Å². The molecule has 1 aliphatic rings. The molecule has 0 radical (unpaired) electrons. The first kappa shape index (κ1) is 14.0. The molecule has 19 heavy (non-hydrogen) atoms. The number of ether oxygens (including phenoxy) is 1. The van der Waals surface area contributed by atoms with Crippen LogP contribution in [0.1, 0.15) is 24.9 Å². The average Bonchev–Trinajstić information content (AvgIpc) is 2.86. The molecule has 3 N–H and O–H groups in total. The third kappa shape index (κ3) is 2.94. The van der Waals surface area contributed by atoms with Gasteiger partial charge in [0.05, 0.1) is 6.10 Å². The number of carbonyl (C=O) groups is 1. The fraction of sp³-hybridized carbons (Fsp3) is 0.500. The van der Waals surface area contributed by atoms with Gasteiger partial charge in [-0.05, 0) is 26.0 Å². The van der Waals surface area contributed by atoms with Gasteiger partial charge in [0.15, 0.2) is 0 Å². The first-order valence-electron chi connectivity index (χ1n) is 6.54. The van der Waals surface area contributed by atoms with E-state index in [0.717, 1.165) is 18.6 Å². The highest BCUT2D eigenvalue weighted by atomic mass is 16.5. The highest BCUT2D eigenvalue weighted by molar-refractivity contribution is 5.82. The van der Waals surface area contributed by atoms with E-state index in [1.165, 1.54) is 0 Å². The maximum absolute atomic E-state index is 12.1. The Balaban J connectivity index is 2.25. The van der Waals surface area contributed by atoms with Gasteiger partial charge >= 0.3 is 0 Å². The standard InChI is InChI=1S/C14H21N3O2/c1-10-12(8-9-19-10)17(2)13(14(18)16-15)11-6-4-3-5-7-11/h3-7,10,12-13H,8-9,15H2,1-2H3,(H,16,18). The van der Waals surface area contributed by atoms with Crippen LogP contribution in [0.25, 0.3) is 0 Å². The summed E-state index contributed by atoms with van der Waals surface area (Å²) in [5.74, 6) is 5.12. The molecule has 0 aliphatic carbocycles. The van der Waals surface area contributed by atoms with Crippen LogP contribution in [0.3, 0.4) is 0 Å². The Morgan fingerprint density at radius 1 is 1.47 bits per heavy atom. The van der Waals surface area contributed by atoms with Gasteiger partial charge in [0.1, 0.15) is 6.04 Å². The van der Waals surface area contributed by atoms with E-state index in [0.29, 0.717) is 0 Å². The van der Waals surface area contributed by atoms with E-state index < -0.39 is 0 Å². The van der Waals surface area contributed by atoms with Gasteiger partial charge in [0.25, 0.3) is 5.91 Å². The highest BCUT2D eigenvalue weighted by Crippen LogP contribution is 2.27. The Labute approximate surface area is 113 Å². The Kier molecular flexibility index (Phi) is 4.52. The molecule has 0 spiro atoms. The van der Waals surface area contributed by atoms with Crippen molar-refractivity contribution in [1.29, 1.82) is 0 Å². The lowest BCUT2D eigenvalue weighted by Gasteiger charge is -2.33. The number of nitrogens with zero attached hydrogens (tertiary/aromatic N) is 1. The lowest BCUT2D eigenvalue weighted by molar-refractivity contribution is -0.127. The number of hydrogen-bond donors (Lipinski definition) is 2. The fourth-order valence-electron chi connectivity index (χ4n) is 2.73. The molecule has 1 amide bonds. The Hall–Kier alpha value is -1.43. The number of likely N-dealkylation sites (N-methyl/N-ethyl adjacent to an activating group) is 1. The minimum Gasteiger partial charge on any atom is -0.377 e. The van der Waals surface area contributed by atoms with Crippen LogP contribution in [-0.2, 0) is 9.53 Å². The molecule has 1 aliphatic heterocycles. The minimum absolute atomic E-state index is 0.127. The van der Waals surface area contributed by atoms with Crippen LogP contribution in [0.4, 0.5) is 0 Å². The quantitative estimate of drug-likeness (QED) is 0.479. The molecule has 104 valence electrons. The van der Waals surface area contributed by atoms with Gasteiger partial charge in [-0.2, -0.15) is 0 Å². The van der Waals surface area contributed by atoms with Crippen molar-refractivity contribution in [3.8, 4) is 0 Å². The topological polar surface area (TPSA) is 67.6 Å². The van der Waals surface area contributed by atoms with Crippen LogP contribution in [0.2, 0.25) is 0 Å². The number of rotatable bonds is 4. The van der Waals surface area contributed by atoms with Gasteiger partial charge < -0.3 is 4.74 Å². The number of benzene rings is 1. The molecule has 1 heterocycles. The van der Waals surface area contributed by atoms with Crippen LogP contribution in [0, 0.1) is 0 Å². The van der Waals surface area contributed by atoms with E-state index in [-0.39, 0.29) is 24.1 Å². The predicted octanol–water partition coefficient (Wildman–Crippen LogP) is 0.827. The molecule has 5 heteroatoms. The van der Waals surface area contributed by atoms with E-state index >= 15 is 0 Å². The summed E-state index contributed by atoms with van der Waals surface area (Å²) >= 11 is 0. The third-order valence-corrected chi connectivity index (χ3v) is 3.77. The monoisotopic (exact) mass is 263 g/mol.